The molecule has 0 heterocycles. The second-order valence-electron chi connectivity index (χ2n) is 3.35. The van der Waals surface area contributed by atoms with Crippen LogP contribution < -0.4 is 15.2 Å². The van der Waals surface area contributed by atoms with Crippen LogP contribution in [0.25, 0.3) is 6.08 Å². The number of nitriles is 1. The predicted octanol–water partition coefficient (Wildman–Crippen LogP) is 2.29. The molecule has 0 aliphatic rings. The molecule has 1 aromatic rings. The quantitative estimate of drug-likeness (QED) is 0.501. The van der Waals surface area contributed by atoms with Crippen LogP contribution in [-0.2, 0) is 0 Å². The third kappa shape index (κ3) is 3.22. The third-order valence-electron chi connectivity index (χ3n) is 2.20. The van der Waals surface area contributed by atoms with Crippen molar-refractivity contribution in [2.24, 2.45) is 5.73 Å². The summed E-state index contributed by atoms with van der Waals surface area (Å²) >= 11 is 4.80. The van der Waals surface area contributed by atoms with Crippen LogP contribution in [-0.4, -0.2) is 18.7 Å². The van der Waals surface area contributed by atoms with Gasteiger partial charge in [0, 0.05) is 5.56 Å². The highest BCUT2D eigenvalue weighted by Gasteiger charge is 2.10. The highest BCUT2D eigenvalue weighted by atomic mass is 32.1. The fraction of sp³-hybridized carbons (Fsp3) is 0.231. The first kappa shape index (κ1) is 14.0. The van der Waals surface area contributed by atoms with Crippen molar-refractivity contribution in [2.45, 2.75) is 6.92 Å². The van der Waals surface area contributed by atoms with Gasteiger partial charge in [-0.1, -0.05) is 24.4 Å². The van der Waals surface area contributed by atoms with E-state index in [0.29, 0.717) is 23.7 Å². The van der Waals surface area contributed by atoms with Gasteiger partial charge in [-0.25, -0.2) is 0 Å². The molecule has 0 aliphatic heterocycles. The molecule has 1 aromatic carbocycles. The number of thiocarbonyl (C=S) groups is 1. The number of methoxy groups -OCH3 is 1. The number of nitrogens with two attached hydrogens (primary N) is 1. The Labute approximate surface area is 112 Å². The lowest BCUT2D eigenvalue weighted by Crippen LogP contribution is -2.09. The zero-order valence-corrected chi connectivity index (χ0v) is 11.1. The second-order valence-corrected chi connectivity index (χ2v) is 3.79. The lowest BCUT2D eigenvalue weighted by molar-refractivity contribution is 0.310. The normalized spacial score (nSPS) is 10.6. The Morgan fingerprint density at radius 3 is 2.78 bits per heavy atom. The van der Waals surface area contributed by atoms with E-state index in [9.17, 15) is 0 Å². The summed E-state index contributed by atoms with van der Waals surface area (Å²) in [6, 6.07) is 7.36. The van der Waals surface area contributed by atoms with E-state index in [4.69, 9.17) is 32.7 Å². The topological polar surface area (TPSA) is 68.3 Å². The molecule has 94 valence electrons. The van der Waals surface area contributed by atoms with Crippen molar-refractivity contribution >= 4 is 23.3 Å². The van der Waals surface area contributed by atoms with Crippen LogP contribution in [0, 0.1) is 11.3 Å². The van der Waals surface area contributed by atoms with Crippen LogP contribution in [0.15, 0.2) is 23.8 Å². The van der Waals surface area contributed by atoms with Gasteiger partial charge in [-0.15, -0.1) is 0 Å². The van der Waals surface area contributed by atoms with E-state index in [1.807, 2.05) is 25.1 Å². The average Bonchev–Trinajstić information content (AvgIpc) is 2.37. The molecule has 2 N–H and O–H groups in total. The van der Waals surface area contributed by atoms with E-state index in [-0.39, 0.29) is 10.6 Å². The van der Waals surface area contributed by atoms with Crippen molar-refractivity contribution in [1.82, 2.24) is 0 Å². The smallest absolute Gasteiger partial charge is 0.168 e. The minimum absolute atomic E-state index is 0.0581. The summed E-state index contributed by atoms with van der Waals surface area (Å²) in [7, 11) is 1.56. The molecule has 0 unspecified atom stereocenters. The fourth-order valence-corrected chi connectivity index (χ4v) is 1.52. The number of ether oxygens (including phenoxy) is 2. The highest BCUT2D eigenvalue weighted by Crippen LogP contribution is 2.32. The molecule has 0 bridgehead atoms. The van der Waals surface area contributed by atoms with Gasteiger partial charge in [-0.05, 0) is 19.1 Å². The van der Waals surface area contributed by atoms with Crippen molar-refractivity contribution < 1.29 is 9.47 Å². The molecule has 0 amide bonds. The molecule has 0 spiro atoms. The van der Waals surface area contributed by atoms with Gasteiger partial charge in [0.25, 0.3) is 0 Å². The van der Waals surface area contributed by atoms with Gasteiger partial charge in [0.1, 0.15) is 11.1 Å². The maximum Gasteiger partial charge on any atom is 0.168 e. The van der Waals surface area contributed by atoms with Crippen LogP contribution >= 0.6 is 12.2 Å². The Morgan fingerprint density at radius 2 is 2.28 bits per heavy atom. The van der Waals surface area contributed by atoms with Gasteiger partial charge in [0.05, 0.1) is 19.3 Å². The number of nitrogens with zero attached hydrogens (tertiary/aromatic N) is 1. The molecule has 5 heteroatoms. The number of rotatable bonds is 5. The van der Waals surface area contributed by atoms with Gasteiger partial charge in [0.2, 0.25) is 0 Å². The van der Waals surface area contributed by atoms with Gasteiger partial charge in [0.15, 0.2) is 11.5 Å². The van der Waals surface area contributed by atoms with E-state index in [0.717, 1.165) is 0 Å². The SMILES string of the molecule is CCOc1c(C=C(C#N)C(N)=S)cccc1OC. The zero-order valence-electron chi connectivity index (χ0n) is 10.3. The Kier molecular flexibility index (Phi) is 5.15. The molecule has 0 fully saturated rings. The van der Waals surface area contributed by atoms with Crippen LogP contribution in [0.1, 0.15) is 12.5 Å². The summed E-state index contributed by atoms with van der Waals surface area (Å²) in [5.41, 5.74) is 6.40. The zero-order chi connectivity index (χ0) is 13.5. The number of para-hydroxylation sites is 1. The molecular formula is C13H14N2O2S. The summed E-state index contributed by atoms with van der Waals surface area (Å²) < 4.78 is 10.7. The monoisotopic (exact) mass is 262 g/mol. The largest absolute Gasteiger partial charge is 0.493 e. The van der Waals surface area contributed by atoms with E-state index in [1.54, 1.807) is 19.3 Å². The standard InChI is InChI=1S/C13H14N2O2S/c1-3-17-12-9(5-4-6-11(12)16-2)7-10(8-14)13(15)18/h4-7H,3H2,1-2H3,(H2,15,18). The molecule has 4 nitrogen and oxygen atoms in total. The van der Waals surface area contributed by atoms with E-state index < -0.39 is 0 Å². The van der Waals surface area contributed by atoms with Gasteiger partial charge < -0.3 is 15.2 Å². The first-order valence-electron chi connectivity index (χ1n) is 5.35. The Morgan fingerprint density at radius 1 is 1.56 bits per heavy atom. The van der Waals surface area contributed by atoms with Crippen LogP contribution in [0.4, 0.5) is 0 Å². The number of hydrogen-bond donors (Lipinski definition) is 1. The minimum Gasteiger partial charge on any atom is -0.493 e. The predicted molar refractivity (Wildman–Crippen MR) is 74.5 cm³/mol. The summed E-state index contributed by atoms with van der Waals surface area (Å²) in [5, 5.41) is 8.95. The van der Waals surface area contributed by atoms with Crippen molar-refractivity contribution in [1.29, 1.82) is 5.26 Å². The molecular weight excluding hydrogens is 248 g/mol. The molecule has 0 radical (unpaired) electrons. The van der Waals surface area contributed by atoms with Crippen LogP contribution in [0.5, 0.6) is 11.5 Å². The van der Waals surface area contributed by atoms with Crippen molar-refractivity contribution in [3.05, 3.63) is 29.3 Å². The summed E-state index contributed by atoms with van der Waals surface area (Å²) in [4.78, 5) is 0.0581. The lowest BCUT2D eigenvalue weighted by Gasteiger charge is -2.12. The molecule has 0 aliphatic carbocycles. The van der Waals surface area contributed by atoms with E-state index in [1.165, 1.54) is 0 Å². The summed E-state index contributed by atoms with van der Waals surface area (Å²) in [6.45, 7) is 2.37. The Hall–Kier alpha value is -2.06. The van der Waals surface area contributed by atoms with Crippen LogP contribution in [0.2, 0.25) is 0 Å². The van der Waals surface area contributed by atoms with Gasteiger partial charge >= 0.3 is 0 Å². The second kappa shape index (κ2) is 6.62. The number of hydrogen-bond acceptors (Lipinski definition) is 4. The number of benzene rings is 1. The van der Waals surface area contributed by atoms with Gasteiger partial charge in [-0.3, -0.25) is 0 Å². The van der Waals surface area contributed by atoms with Crippen LogP contribution in [0.3, 0.4) is 0 Å². The van der Waals surface area contributed by atoms with Crippen molar-refractivity contribution in [3.8, 4) is 17.6 Å². The molecule has 0 atom stereocenters. The minimum atomic E-state index is 0.0581. The first-order valence-corrected chi connectivity index (χ1v) is 5.76. The molecule has 18 heavy (non-hydrogen) atoms. The maximum absolute atomic E-state index is 8.95. The highest BCUT2D eigenvalue weighted by molar-refractivity contribution is 7.80. The summed E-state index contributed by atoms with van der Waals surface area (Å²) in [6.07, 6.45) is 1.59. The third-order valence-corrected chi connectivity index (χ3v) is 2.42. The molecule has 0 saturated carbocycles. The Balaban J connectivity index is 3.32. The molecule has 1 rings (SSSR count). The van der Waals surface area contributed by atoms with E-state index in [2.05, 4.69) is 0 Å². The van der Waals surface area contributed by atoms with E-state index >= 15 is 0 Å². The molecule has 0 aromatic heterocycles. The van der Waals surface area contributed by atoms with Crippen molar-refractivity contribution in [3.63, 3.8) is 0 Å². The fourth-order valence-electron chi connectivity index (χ4n) is 1.42. The average molecular weight is 262 g/mol. The molecule has 0 saturated heterocycles. The summed E-state index contributed by atoms with van der Waals surface area (Å²) in [5.74, 6) is 1.18. The maximum atomic E-state index is 8.95. The first-order chi connectivity index (χ1) is 8.63. The van der Waals surface area contributed by atoms with Crippen molar-refractivity contribution in [2.75, 3.05) is 13.7 Å². The lowest BCUT2D eigenvalue weighted by atomic mass is 10.1. The van der Waals surface area contributed by atoms with Gasteiger partial charge in [-0.2, -0.15) is 5.26 Å². The Bertz CT molecular complexity index is 518.